The van der Waals surface area contributed by atoms with E-state index >= 15 is 0 Å². The van der Waals surface area contributed by atoms with Gasteiger partial charge in [-0.2, -0.15) is 8.42 Å². The minimum absolute atomic E-state index is 0.00271. The van der Waals surface area contributed by atoms with Crippen LogP contribution in [0.3, 0.4) is 0 Å². The van der Waals surface area contributed by atoms with Gasteiger partial charge in [-0.1, -0.05) is 92.0 Å². The van der Waals surface area contributed by atoms with E-state index in [1.54, 1.807) is 76.6 Å². The summed E-state index contributed by atoms with van der Waals surface area (Å²) in [5, 5.41) is 0.385. The first-order valence-electron chi connectivity index (χ1n) is 29.8. The molecule has 0 aliphatic carbocycles. The number of hydrogen-bond donors (Lipinski definition) is 0. The maximum Gasteiger partial charge on any atom is 0.347 e. The van der Waals surface area contributed by atoms with Crippen molar-refractivity contribution in [2.45, 2.75) is 96.7 Å². The second-order valence-electron chi connectivity index (χ2n) is 22.8. The second kappa shape index (κ2) is 32.7. The lowest BCUT2D eigenvalue weighted by atomic mass is 9.92. The largest absolute Gasteiger partial charge is 0.543 e. The molecular weight excluding hydrogens is 1280 g/mol. The van der Waals surface area contributed by atoms with Gasteiger partial charge in [0.05, 0.1) is 84.4 Å². The number of thiophene rings is 1. The number of halogens is 3. The summed E-state index contributed by atoms with van der Waals surface area (Å²) < 4.78 is 108. The van der Waals surface area contributed by atoms with Crippen molar-refractivity contribution < 1.29 is 68.8 Å². The highest BCUT2D eigenvalue weighted by molar-refractivity contribution is 7.86. The summed E-state index contributed by atoms with van der Waals surface area (Å²) in [6.07, 6.45) is 2.03. The van der Waals surface area contributed by atoms with Crippen molar-refractivity contribution in [3.63, 3.8) is 0 Å². The Hall–Kier alpha value is -7.09. The average Bonchev–Trinajstić information content (AvgIpc) is 1.51. The Morgan fingerprint density at radius 2 is 1.49 bits per heavy atom. The predicted molar refractivity (Wildman–Crippen MR) is 357 cm³/mol. The van der Waals surface area contributed by atoms with Crippen LogP contribution in [0.4, 0.5) is 4.39 Å². The average molecular weight is 1360 g/mol. The Morgan fingerprint density at radius 1 is 0.793 bits per heavy atom. The molecule has 92 heavy (non-hydrogen) atoms. The smallest absolute Gasteiger partial charge is 0.347 e. The van der Waals surface area contributed by atoms with E-state index in [0.717, 1.165) is 5.56 Å². The predicted octanol–water partition coefficient (Wildman–Crippen LogP) is 14.8. The van der Waals surface area contributed by atoms with Crippen molar-refractivity contribution >= 4 is 69.2 Å². The minimum atomic E-state index is -4.23. The number of para-hydroxylation sites is 1. The van der Waals surface area contributed by atoms with E-state index in [0.29, 0.717) is 116 Å². The van der Waals surface area contributed by atoms with Crippen LogP contribution in [-0.4, -0.2) is 128 Å². The van der Waals surface area contributed by atoms with Crippen LogP contribution in [0, 0.1) is 26.6 Å². The number of carbonyl (C=O) groups is 1. The van der Waals surface area contributed by atoms with Gasteiger partial charge in [0.1, 0.15) is 60.1 Å². The van der Waals surface area contributed by atoms with Gasteiger partial charge in [-0.3, -0.25) is 4.18 Å². The van der Waals surface area contributed by atoms with Gasteiger partial charge in [-0.25, -0.2) is 29.1 Å². The molecule has 0 amide bonds. The molecule has 2 atom stereocenters. The van der Waals surface area contributed by atoms with Crippen LogP contribution in [-0.2, 0) is 55.8 Å². The third kappa shape index (κ3) is 18.2. The molecule has 24 heteroatoms. The van der Waals surface area contributed by atoms with E-state index in [-0.39, 0.29) is 71.1 Å². The van der Waals surface area contributed by atoms with Gasteiger partial charge in [0.25, 0.3) is 10.1 Å². The van der Waals surface area contributed by atoms with Crippen LogP contribution in [0.5, 0.6) is 28.9 Å². The maximum absolute atomic E-state index is 14.7. The fourth-order valence-electron chi connectivity index (χ4n) is 9.28. The lowest BCUT2D eigenvalue weighted by Crippen LogP contribution is -2.43. The molecule has 8 aromatic rings. The molecule has 0 radical (unpaired) electrons. The van der Waals surface area contributed by atoms with Gasteiger partial charge < -0.3 is 47.1 Å². The Labute approximate surface area is 552 Å². The molecule has 0 bridgehead atoms. The molecule has 3 aromatic heterocycles. The van der Waals surface area contributed by atoms with Crippen LogP contribution < -0.4 is 23.4 Å². The van der Waals surface area contributed by atoms with E-state index < -0.39 is 49.0 Å². The maximum atomic E-state index is 14.7. The molecule has 0 aliphatic heterocycles. The first-order valence-corrected chi connectivity index (χ1v) is 35.7. The van der Waals surface area contributed by atoms with E-state index in [1.807, 2.05) is 43.3 Å². The Kier molecular flexibility index (Phi) is 25.1. The van der Waals surface area contributed by atoms with Gasteiger partial charge in [0, 0.05) is 35.7 Å². The molecular formula is C68H77Cl2FN4O14S2Si. The van der Waals surface area contributed by atoms with Gasteiger partial charge in [-0.05, 0) is 129 Å². The van der Waals surface area contributed by atoms with Crippen molar-refractivity contribution in [2.75, 3.05) is 73.2 Å². The fourth-order valence-corrected chi connectivity index (χ4v) is 12.9. The number of ether oxygens (including phenoxy) is 9. The third-order valence-corrected chi connectivity index (χ3v) is 22.8. The summed E-state index contributed by atoms with van der Waals surface area (Å²) in [6.45, 7) is 23.6. The Balaban J connectivity index is 1.15. The van der Waals surface area contributed by atoms with E-state index in [1.165, 1.54) is 41.9 Å². The first-order chi connectivity index (χ1) is 44.0. The Morgan fingerprint density at radius 3 is 2.17 bits per heavy atom. The zero-order chi connectivity index (χ0) is 66.2. The highest BCUT2D eigenvalue weighted by atomic mass is 35.5. The summed E-state index contributed by atoms with van der Waals surface area (Å²) >= 11 is 16.0. The molecule has 490 valence electrons. The zero-order valence-electron chi connectivity index (χ0n) is 53.3. The fraction of sp³-hybridized carbons (Fsp3) is 0.368. The van der Waals surface area contributed by atoms with Crippen molar-refractivity contribution in [1.29, 1.82) is 0 Å². The van der Waals surface area contributed by atoms with Crippen molar-refractivity contribution in [1.82, 2.24) is 19.9 Å². The second-order valence-corrected chi connectivity index (χ2v) is 30.9. The third-order valence-electron chi connectivity index (χ3n) is 15.1. The number of rotatable bonds is 34. The molecule has 3 heterocycles. The van der Waals surface area contributed by atoms with Crippen LogP contribution >= 0.6 is 34.5 Å². The number of esters is 1. The van der Waals surface area contributed by atoms with Crippen LogP contribution in [0.1, 0.15) is 55.6 Å². The number of aryl methyl sites for hydroxylation is 1. The normalized spacial score (nSPS) is 12.6. The highest BCUT2D eigenvalue weighted by Crippen LogP contribution is 2.53. The van der Waals surface area contributed by atoms with Gasteiger partial charge in [0.2, 0.25) is 20.3 Å². The molecule has 0 N–H and O–H groups in total. The number of fused-ring (bicyclic) bond motifs is 1. The number of carbonyl (C=O) groups excluding carboxylic acids is 1. The van der Waals surface area contributed by atoms with E-state index in [2.05, 4.69) is 45.4 Å². The Bertz CT molecular complexity index is 3900. The number of hydrogen-bond acceptors (Lipinski definition) is 19. The highest BCUT2D eigenvalue weighted by Gasteiger charge is 2.39. The van der Waals surface area contributed by atoms with Crippen LogP contribution in [0.25, 0.3) is 43.2 Å². The summed E-state index contributed by atoms with van der Waals surface area (Å²) in [4.78, 5) is 34.5. The first kappa shape index (κ1) is 70.8. The zero-order valence-corrected chi connectivity index (χ0v) is 57.4. The summed E-state index contributed by atoms with van der Waals surface area (Å²) in [6, 6.07) is 27.0. The summed E-state index contributed by atoms with van der Waals surface area (Å²) in [5.41, 5.74) is 5.26. The van der Waals surface area contributed by atoms with Gasteiger partial charge in [-0.15, -0.1) is 17.9 Å². The molecule has 5 aromatic carbocycles. The summed E-state index contributed by atoms with van der Waals surface area (Å²) in [7, 11) is -5.03. The summed E-state index contributed by atoms with van der Waals surface area (Å²) in [5.74, 6) is 0.872. The number of methoxy groups -OCH3 is 1. The van der Waals surface area contributed by atoms with Gasteiger partial charge >= 0.3 is 5.97 Å². The van der Waals surface area contributed by atoms with E-state index in [9.17, 15) is 17.6 Å². The monoisotopic (exact) mass is 1350 g/mol. The van der Waals surface area contributed by atoms with Gasteiger partial charge in [0.15, 0.2) is 11.6 Å². The SMILES string of the molecule is C=CCOC[C@H](COS(=O)(=O)c1ccc(C)cc1)Oc1c(Cl)c(C)c(-c2c(-c3ccc(F)cc3)sc3ncnc(O[C@H](Cc4cc(O[Si](C)(C)C(C)(C)C)ccc4OCc4ccnc(-c5ccccc5OCCOCCOCCOC)n4)C(=O)OCC)c23)c(C)c1Cl. The molecule has 0 aliphatic rings. The van der Waals surface area contributed by atoms with E-state index in [4.69, 9.17) is 89.4 Å². The van der Waals surface area contributed by atoms with Crippen molar-refractivity contribution in [2.24, 2.45) is 0 Å². The van der Waals surface area contributed by atoms with Crippen LogP contribution in [0.2, 0.25) is 28.2 Å². The number of nitrogens with zero attached hydrogens (tertiary/aromatic N) is 4. The lowest BCUT2D eigenvalue weighted by molar-refractivity contribution is -0.151. The van der Waals surface area contributed by atoms with Crippen molar-refractivity contribution in [3.8, 4) is 61.8 Å². The minimum Gasteiger partial charge on any atom is -0.543 e. The van der Waals surface area contributed by atoms with Crippen molar-refractivity contribution in [3.05, 3.63) is 166 Å². The topological polar surface area (TPSA) is 204 Å². The quantitative estimate of drug-likeness (QED) is 0.0121. The lowest BCUT2D eigenvalue weighted by Gasteiger charge is -2.36. The molecule has 0 fully saturated rings. The molecule has 18 nitrogen and oxygen atoms in total. The standard InChI is InChI=1S/C68H77Cl2FN4O14S2Si/c1-12-30-82-40-51(41-86-91(77,78)52-25-18-43(3)19-26-52)87-62-60(69)44(4)57(45(5)61(62)70)58-59-65(73-42-74-66(59)90-63(58)46-20-22-48(71)23-21-46)88-56(67(76)83-13-2)38-47-37-50(89-92(10,11)68(6,7)8)24-27-54(47)85-39-49-28-29-72-64(75-49)53-16-14-15-17-55(53)84-36-35-81-34-33-80-32-31-79-9/h12,14-29,37,42,51,56H,1,13,30-36,38-41H2,2-11H3/t51-,56-/m1/s1. The molecule has 0 saturated heterocycles. The molecule has 8 rings (SSSR count). The molecule has 0 spiro atoms. The molecule has 0 saturated carbocycles. The molecule has 0 unspecified atom stereocenters. The number of benzene rings is 5. The number of aromatic nitrogens is 4. The van der Waals surface area contributed by atoms with Crippen LogP contribution in [0.15, 0.2) is 127 Å².